The number of ether oxygens (including phenoxy) is 1. The highest BCUT2D eigenvalue weighted by atomic mass is 32.1. The molecular formula is C23H25N3O2S. The predicted molar refractivity (Wildman–Crippen MR) is 117 cm³/mol. The van der Waals surface area contributed by atoms with Crippen LogP contribution in [0, 0.1) is 0 Å². The molecule has 0 spiro atoms. The first-order valence-electron chi connectivity index (χ1n) is 10.4. The van der Waals surface area contributed by atoms with Crippen LogP contribution >= 0.6 is 11.3 Å². The Morgan fingerprint density at radius 1 is 1.00 bits per heavy atom. The van der Waals surface area contributed by atoms with Crippen LogP contribution in [0.3, 0.4) is 0 Å². The van der Waals surface area contributed by atoms with E-state index in [-0.39, 0.29) is 11.9 Å². The van der Waals surface area contributed by atoms with Crippen molar-refractivity contribution >= 4 is 33.1 Å². The van der Waals surface area contributed by atoms with Crippen LogP contribution in [0.15, 0.2) is 48.5 Å². The summed E-state index contributed by atoms with van der Waals surface area (Å²) in [7, 11) is 0. The molecule has 1 aromatic heterocycles. The Balaban J connectivity index is 1.38. The molecule has 3 aromatic rings. The van der Waals surface area contributed by atoms with E-state index in [4.69, 9.17) is 9.72 Å². The quantitative estimate of drug-likeness (QED) is 0.641. The number of thiazole rings is 1. The summed E-state index contributed by atoms with van der Waals surface area (Å²) in [4.78, 5) is 22.5. The molecule has 0 radical (unpaired) electrons. The lowest BCUT2D eigenvalue weighted by Crippen LogP contribution is -2.38. The summed E-state index contributed by atoms with van der Waals surface area (Å²) in [5.74, 6) is 0.113. The maximum Gasteiger partial charge on any atom is 0.254 e. The van der Waals surface area contributed by atoms with Gasteiger partial charge in [0.1, 0.15) is 5.01 Å². The third-order valence-corrected chi connectivity index (χ3v) is 6.99. The number of carbonyl (C=O) groups excluding carboxylic acids is 1. The molecule has 29 heavy (non-hydrogen) atoms. The van der Waals surface area contributed by atoms with E-state index in [0.29, 0.717) is 0 Å². The summed E-state index contributed by atoms with van der Waals surface area (Å²) in [6.07, 6.45) is 3.18. The average Bonchev–Trinajstić information content (AvgIpc) is 3.23. The van der Waals surface area contributed by atoms with Gasteiger partial charge in [-0.1, -0.05) is 12.1 Å². The van der Waals surface area contributed by atoms with Crippen molar-refractivity contribution in [3.8, 4) is 0 Å². The molecule has 2 saturated heterocycles. The minimum Gasteiger partial charge on any atom is -0.378 e. The molecule has 0 aliphatic carbocycles. The first kappa shape index (κ1) is 18.6. The molecule has 0 bridgehead atoms. The van der Waals surface area contributed by atoms with Crippen molar-refractivity contribution < 1.29 is 9.53 Å². The summed E-state index contributed by atoms with van der Waals surface area (Å²) in [5, 5.41) is 1.06. The summed E-state index contributed by atoms with van der Waals surface area (Å²) >= 11 is 1.72. The number of hydrogen-bond donors (Lipinski definition) is 0. The second kappa shape index (κ2) is 8.13. The normalized spacial score (nSPS) is 20.2. The Kier molecular flexibility index (Phi) is 5.21. The number of carbonyl (C=O) groups is 1. The van der Waals surface area contributed by atoms with Gasteiger partial charge in [-0.15, -0.1) is 11.3 Å². The maximum atomic E-state index is 13.4. The Hall–Kier alpha value is -2.44. The van der Waals surface area contributed by atoms with Gasteiger partial charge in [0.15, 0.2) is 0 Å². The Morgan fingerprint density at radius 2 is 1.79 bits per heavy atom. The van der Waals surface area contributed by atoms with Gasteiger partial charge in [-0.05, 0) is 55.7 Å². The van der Waals surface area contributed by atoms with Crippen molar-refractivity contribution in [3.05, 3.63) is 59.1 Å². The second-order valence-electron chi connectivity index (χ2n) is 7.68. The molecule has 5 nitrogen and oxygen atoms in total. The summed E-state index contributed by atoms with van der Waals surface area (Å²) in [6.45, 7) is 4.12. The number of amides is 1. The van der Waals surface area contributed by atoms with Gasteiger partial charge in [0.2, 0.25) is 0 Å². The largest absolute Gasteiger partial charge is 0.378 e. The number of benzene rings is 2. The number of likely N-dealkylation sites (tertiary alicyclic amines) is 1. The molecule has 2 fully saturated rings. The molecule has 2 aromatic carbocycles. The van der Waals surface area contributed by atoms with Gasteiger partial charge in [-0.2, -0.15) is 0 Å². The zero-order chi connectivity index (χ0) is 19.6. The Bertz CT molecular complexity index is 962. The van der Waals surface area contributed by atoms with Gasteiger partial charge in [0, 0.05) is 30.9 Å². The summed E-state index contributed by atoms with van der Waals surface area (Å²) < 4.78 is 6.62. The topological polar surface area (TPSA) is 45.7 Å². The van der Waals surface area contributed by atoms with E-state index in [9.17, 15) is 4.79 Å². The lowest BCUT2D eigenvalue weighted by Gasteiger charge is -2.34. The average molecular weight is 408 g/mol. The monoisotopic (exact) mass is 407 g/mol. The van der Waals surface area contributed by atoms with Crippen LogP contribution in [0.1, 0.15) is 40.7 Å². The number of anilines is 1. The fourth-order valence-corrected chi connectivity index (χ4v) is 5.38. The summed E-state index contributed by atoms with van der Waals surface area (Å²) in [5.41, 5.74) is 2.95. The van der Waals surface area contributed by atoms with Gasteiger partial charge in [0.05, 0.1) is 29.5 Å². The van der Waals surface area contributed by atoms with Crippen LogP contribution in [0.2, 0.25) is 0 Å². The van der Waals surface area contributed by atoms with Crippen LogP contribution in [-0.4, -0.2) is 48.6 Å². The molecule has 1 amide bonds. The lowest BCUT2D eigenvalue weighted by molar-refractivity contribution is 0.0611. The Labute approximate surface area is 174 Å². The number of para-hydroxylation sites is 1. The van der Waals surface area contributed by atoms with E-state index in [0.717, 1.165) is 73.9 Å². The van der Waals surface area contributed by atoms with Crippen molar-refractivity contribution in [1.82, 2.24) is 9.88 Å². The molecule has 2 aliphatic heterocycles. The first-order valence-corrected chi connectivity index (χ1v) is 11.2. The fraction of sp³-hybridized carbons (Fsp3) is 0.391. The zero-order valence-corrected chi connectivity index (χ0v) is 17.2. The van der Waals surface area contributed by atoms with Gasteiger partial charge >= 0.3 is 0 Å². The molecule has 5 rings (SSSR count). The molecule has 0 N–H and O–H groups in total. The highest BCUT2D eigenvalue weighted by Crippen LogP contribution is 2.36. The zero-order valence-electron chi connectivity index (χ0n) is 16.4. The molecule has 1 unspecified atom stereocenters. The van der Waals surface area contributed by atoms with E-state index in [2.05, 4.69) is 29.2 Å². The SMILES string of the molecule is O=C(c1ccc(N2CCOCC2)cc1)N1CCCCC1c1nc2ccccc2s1. The minimum absolute atomic E-state index is 0.0765. The number of nitrogens with zero attached hydrogens (tertiary/aromatic N) is 3. The van der Waals surface area contributed by atoms with E-state index in [1.807, 2.05) is 29.2 Å². The number of piperidine rings is 1. The van der Waals surface area contributed by atoms with Crippen LogP contribution in [-0.2, 0) is 4.74 Å². The lowest BCUT2D eigenvalue weighted by atomic mass is 10.0. The third kappa shape index (κ3) is 3.74. The van der Waals surface area contributed by atoms with Crippen molar-refractivity contribution in [2.75, 3.05) is 37.7 Å². The van der Waals surface area contributed by atoms with Crippen molar-refractivity contribution in [3.63, 3.8) is 0 Å². The molecular weight excluding hydrogens is 382 g/mol. The minimum atomic E-state index is 0.0765. The molecule has 3 heterocycles. The highest BCUT2D eigenvalue weighted by Gasteiger charge is 2.31. The van der Waals surface area contributed by atoms with Crippen molar-refractivity contribution in [1.29, 1.82) is 0 Å². The predicted octanol–water partition coefficient (Wildman–Crippen LogP) is 4.50. The van der Waals surface area contributed by atoms with Gasteiger partial charge in [-0.3, -0.25) is 4.79 Å². The molecule has 0 saturated carbocycles. The Morgan fingerprint density at radius 3 is 2.59 bits per heavy atom. The molecule has 150 valence electrons. The van der Waals surface area contributed by atoms with Crippen LogP contribution in [0.5, 0.6) is 0 Å². The number of fused-ring (bicyclic) bond motifs is 1. The van der Waals surface area contributed by atoms with Crippen LogP contribution < -0.4 is 4.90 Å². The maximum absolute atomic E-state index is 13.4. The molecule has 1 atom stereocenters. The molecule has 6 heteroatoms. The third-order valence-electron chi connectivity index (χ3n) is 5.85. The van der Waals surface area contributed by atoms with Crippen molar-refractivity contribution in [2.45, 2.75) is 25.3 Å². The van der Waals surface area contributed by atoms with Crippen molar-refractivity contribution in [2.24, 2.45) is 0 Å². The number of rotatable bonds is 3. The number of aromatic nitrogens is 1. The van der Waals surface area contributed by atoms with E-state index >= 15 is 0 Å². The standard InChI is InChI=1S/C23H25N3O2S/c27-23(17-8-10-18(11-9-17)25-13-15-28-16-14-25)26-12-4-3-6-20(26)22-24-19-5-1-2-7-21(19)29-22/h1-2,5,7-11,20H,3-4,6,12-16H2. The molecule has 2 aliphatic rings. The van der Waals surface area contributed by atoms with Gasteiger partial charge < -0.3 is 14.5 Å². The highest BCUT2D eigenvalue weighted by molar-refractivity contribution is 7.18. The number of hydrogen-bond acceptors (Lipinski definition) is 5. The van der Waals surface area contributed by atoms with E-state index < -0.39 is 0 Å². The smallest absolute Gasteiger partial charge is 0.254 e. The van der Waals surface area contributed by atoms with E-state index in [1.54, 1.807) is 11.3 Å². The number of morpholine rings is 1. The van der Waals surface area contributed by atoms with Crippen LogP contribution in [0.4, 0.5) is 5.69 Å². The van der Waals surface area contributed by atoms with Crippen LogP contribution in [0.25, 0.3) is 10.2 Å². The van der Waals surface area contributed by atoms with E-state index in [1.165, 1.54) is 4.70 Å². The first-order chi connectivity index (χ1) is 14.3. The van der Waals surface area contributed by atoms with Gasteiger partial charge in [0.25, 0.3) is 5.91 Å². The second-order valence-corrected chi connectivity index (χ2v) is 8.74. The fourth-order valence-electron chi connectivity index (χ4n) is 4.27. The summed E-state index contributed by atoms with van der Waals surface area (Å²) in [6, 6.07) is 16.4. The van der Waals surface area contributed by atoms with Gasteiger partial charge in [-0.25, -0.2) is 4.98 Å².